The monoisotopic (exact) mass is 532 g/mol. The summed E-state index contributed by atoms with van der Waals surface area (Å²) in [5.41, 5.74) is 1.44. The van der Waals surface area contributed by atoms with Crippen molar-refractivity contribution in [2.45, 2.75) is 0 Å². The second-order valence-electron chi connectivity index (χ2n) is 5.68. The van der Waals surface area contributed by atoms with Crippen LogP contribution < -0.4 is 9.47 Å². The van der Waals surface area contributed by atoms with Crippen LogP contribution in [0.4, 0.5) is 0 Å². The molecule has 0 bridgehead atoms. The molecular weight excluding hydrogens is 522 g/mol. The molecule has 0 fully saturated rings. The van der Waals surface area contributed by atoms with Crippen LogP contribution in [0.25, 0.3) is 21.8 Å². The molecule has 150 valence electrons. The topological polar surface area (TPSA) is 44.2 Å². The Morgan fingerprint density at radius 2 is 1.34 bits per heavy atom. The van der Waals surface area contributed by atoms with Crippen LogP contribution in [-0.4, -0.2) is 24.2 Å². The first-order valence-electron chi connectivity index (χ1n) is 8.12. The van der Waals surface area contributed by atoms with E-state index in [1.807, 2.05) is 30.3 Å². The minimum absolute atomic E-state index is 0.362. The van der Waals surface area contributed by atoms with Gasteiger partial charge in [0.05, 0.1) is 46.1 Å². The lowest BCUT2D eigenvalue weighted by Crippen LogP contribution is -1.89. The summed E-state index contributed by atoms with van der Waals surface area (Å²) in [5, 5.41) is 3.39. The van der Waals surface area contributed by atoms with Gasteiger partial charge in [0.2, 0.25) is 0 Å². The summed E-state index contributed by atoms with van der Waals surface area (Å²) >= 11 is 27.1. The molecule has 0 saturated heterocycles. The molecule has 0 atom stereocenters. The van der Waals surface area contributed by atoms with Crippen molar-refractivity contribution in [2.24, 2.45) is 0 Å². The maximum atomic E-state index is 6.09. The molecule has 0 radical (unpaired) electrons. The molecule has 0 saturated carbocycles. The molecule has 2 heterocycles. The Labute approximate surface area is 195 Å². The van der Waals surface area contributed by atoms with Crippen LogP contribution >= 0.6 is 62.3 Å². The molecule has 0 aliphatic heterocycles. The minimum atomic E-state index is 0.362. The Morgan fingerprint density at radius 3 is 2.00 bits per heavy atom. The molecule has 0 aliphatic carbocycles. The van der Waals surface area contributed by atoms with Crippen molar-refractivity contribution in [3.05, 3.63) is 67.3 Å². The van der Waals surface area contributed by atoms with Crippen molar-refractivity contribution in [1.82, 2.24) is 9.97 Å². The van der Waals surface area contributed by atoms with Gasteiger partial charge in [-0.25, -0.2) is 9.97 Å². The first-order valence-corrected chi connectivity index (χ1v) is 10.4. The molecular formula is C20H13BrCl4N2O2. The molecule has 2 aromatic carbocycles. The SMILES string of the molecule is COc1ccc(Br)c2nc(Cl)cc(Cl)c12.COc1cccc2nc(Cl)cc(Cl)c12. The van der Waals surface area contributed by atoms with E-state index in [1.54, 1.807) is 26.4 Å². The van der Waals surface area contributed by atoms with Crippen molar-refractivity contribution in [3.8, 4) is 11.5 Å². The summed E-state index contributed by atoms with van der Waals surface area (Å²) in [6.07, 6.45) is 0. The summed E-state index contributed by atoms with van der Waals surface area (Å²) in [6.45, 7) is 0. The molecule has 4 aromatic rings. The number of ether oxygens (including phenoxy) is 2. The summed E-state index contributed by atoms with van der Waals surface area (Å²) in [6, 6.07) is 12.4. The van der Waals surface area contributed by atoms with Gasteiger partial charge in [0, 0.05) is 4.47 Å². The Hall–Kier alpha value is -1.50. The molecule has 4 nitrogen and oxygen atoms in total. The summed E-state index contributed by atoms with van der Waals surface area (Å²) < 4.78 is 11.2. The van der Waals surface area contributed by atoms with E-state index < -0.39 is 0 Å². The number of methoxy groups -OCH3 is 2. The standard InChI is InChI=1S/C10H6BrCl2NO.C10H7Cl2NO/c1-15-7-3-2-5(11)10-9(7)6(12)4-8(13)14-10;1-14-8-4-2-3-7-10(8)6(11)5-9(12)13-7/h2-4H,1H3;2-5H,1H3. The van der Waals surface area contributed by atoms with E-state index in [4.69, 9.17) is 55.9 Å². The zero-order chi connectivity index (χ0) is 21.1. The number of nitrogens with zero attached hydrogens (tertiary/aromatic N) is 2. The van der Waals surface area contributed by atoms with E-state index in [9.17, 15) is 0 Å². The van der Waals surface area contributed by atoms with Crippen LogP contribution in [0.2, 0.25) is 20.4 Å². The Bertz CT molecular complexity index is 1200. The van der Waals surface area contributed by atoms with Gasteiger partial charge in [-0.2, -0.15) is 0 Å². The third kappa shape index (κ3) is 4.81. The van der Waals surface area contributed by atoms with Gasteiger partial charge in [0.1, 0.15) is 21.8 Å². The fourth-order valence-electron chi connectivity index (χ4n) is 2.72. The normalized spacial score (nSPS) is 10.6. The average molecular weight is 535 g/mol. The number of fused-ring (bicyclic) bond motifs is 2. The predicted molar refractivity (Wildman–Crippen MR) is 124 cm³/mol. The second kappa shape index (κ2) is 9.54. The zero-order valence-corrected chi connectivity index (χ0v) is 19.8. The van der Waals surface area contributed by atoms with E-state index in [1.165, 1.54) is 0 Å². The third-order valence-corrected chi connectivity index (χ3v) is 5.57. The van der Waals surface area contributed by atoms with Crippen molar-refractivity contribution in [3.63, 3.8) is 0 Å². The Morgan fingerprint density at radius 1 is 0.759 bits per heavy atom. The van der Waals surface area contributed by atoms with Gasteiger partial charge < -0.3 is 9.47 Å². The Kier molecular flexibility index (Phi) is 7.30. The van der Waals surface area contributed by atoms with E-state index in [-0.39, 0.29) is 0 Å². The summed E-state index contributed by atoms with van der Waals surface area (Å²) in [4.78, 5) is 8.34. The first kappa shape index (κ1) is 22.2. The Balaban J connectivity index is 0.000000166. The number of aromatic nitrogens is 2. The van der Waals surface area contributed by atoms with Gasteiger partial charge in [0.15, 0.2) is 0 Å². The predicted octanol–water partition coefficient (Wildman–Crippen LogP) is 7.86. The fourth-order valence-corrected chi connectivity index (χ4v) is 4.22. The first-order chi connectivity index (χ1) is 13.8. The number of pyridine rings is 2. The molecule has 0 unspecified atom stereocenters. The van der Waals surface area contributed by atoms with Crippen LogP contribution in [0.5, 0.6) is 11.5 Å². The summed E-state index contributed by atoms with van der Waals surface area (Å²) in [5.74, 6) is 1.39. The highest BCUT2D eigenvalue weighted by molar-refractivity contribution is 9.10. The van der Waals surface area contributed by atoms with Crippen LogP contribution in [0.1, 0.15) is 0 Å². The molecule has 0 aliphatic rings. The average Bonchev–Trinajstić information content (AvgIpc) is 2.68. The lowest BCUT2D eigenvalue weighted by atomic mass is 10.2. The minimum Gasteiger partial charge on any atom is -0.496 e. The van der Waals surface area contributed by atoms with Crippen LogP contribution in [0, 0.1) is 0 Å². The highest BCUT2D eigenvalue weighted by Crippen LogP contribution is 2.36. The van der Waals surface area contributed by atoms with E-state index in [0.29, 0.717) is 37.4 Å². The van der Waals surface area contributed by atoms with Gasteiger partial charge >= 0.3 is 0 Å². The van der Waals surface area contributed by atoms with Gasteiger partial charge in [-0.3, -0.25) is 0 Å². The van der Waals surface area contributed by atoms with E-state index in [0.717, 1.165) is 20.8 Å². The van der Waals surface area contributed by atoms with E-state index >= 15 is 0 Å². The number of halogens is 5. The fraction of sp³-hybridized carbons (Fsp3) is 0.100. The molecule has 9 heteroatoms. The van der Waals surface area contributed by atoms with Crippen molar-refractivity contribution in [2.75, 3.05) is 14.2 Å². The number of rotatable bonds is 2. The summed E-state index contributed by atoms with van der Waals surface area (Å²) in [7, 11) is 3.19. The molecule has 0 spiro atoms. The second-order valence-corrected chi connectivity index (χ2v) is 8.12. The third-order valence-electron chi connectivity index (χ3n) is 3.95. The van der Waals surface area contributed by atoms with Crippen molar-refractivity contribution >= 4 is 84.1 Å². The highest BCUT2D eigenvalue weighted by Gasteiger charge is 2.11. The van der Waals surface area contributed by atoms with Gasteiger partial charge in [-0.05, 0) is 52.3 Å². The lowest BCUT2D eigenvalue weighted by Gasteiger charge is -2.08. The maximum Gasteiger partial charge on any atom is 0.131 e. The molecule has 2 aromatic heterocycles. The number of hydrogen-bond acceptors (Lipinski definition) is 4. The quantitative estimate of drug-likeness (QED) is 0.245. The molecule has 0 amide bonds. The van der Waals surface area contributed by atoms with Crippen molar-refractivity contribution in [1.29, 1.82) is 0 Å². The van der Waals surface area contributed by atoms with Gasteiger partial charge in [-0.15, -0.1) is 0 Å². The molecule has 4 rings (SSSR count). The largest absolute Gasteiger partial charge is 0.496 e. The zero-order valence-electron chi connectivity index (χ0n) is 15.1. The number of hydrogen-bond donors (Lipinski definition) is 0. The van der Waals surface area contributed by atoms with Crippen LogP contribution in [0.3, 0.4) is 0 Å². The highest BCUT2D eigenvalue weighted by atomic mass is 79.9. The van der Waals surface area contributed by atoms with Crippen LogP contribution in [0.15, 0.2) is 46.9 Å². The van der Waals surface area contributed by atoms with Crippen molar-refractivity contribution < 1.29 is 9.47 Å². The molecule has 29 heavy (non-hydrogen) atoms. The van der Waals surface area contributed by atoms with Gasteiger partial charge in [0.25, 0.3) is 0 Å². The van der Waals surface area contributed by atoms with Crippen LogP contribution in [-0.2, 0) is 0 Å². The lowest BCUT2D eigenvalue weighted by molar-refractivity contribution is 0.419. The smallest absolute Gasteiger partial charge is 0.131 e. The van der Waals surface area contributed by atoms with Gasteiger partial charge in [-0.1, -0.05) is 52.5 Å². The number of benzene rings is 2. The molecule has 0 N–H and O–H groups in total. The maximum absolute atomic E-state index is 6.09. The van der Waals surface area contributed by atoms with E-state index in [2.05, 4.69) is 25.9 Å².